The number of carbonyl (C=O) groups is 2. The average molecular weight is 467 g/mol. The summed E-state index contributed by atoms with van der Waals surface area (Å²) in [6, 6.07) is 4.13. The van der Waals surface area contributed by atoms with Crippen LogP contribution in [0.2, 0.25) is 0 Å². The number of pyridine rings is 1. The molecule has 0 unspecified atom stereocenters. The van der Waals surface area contributed by atoms with E-state index in [0.717, 1.165) is 12.1 Å². The first-order chi connectivity index (χ1) is 15.2. The lowest BCUT2D eigenvalue weighted by Gasteiger charge is -2.33. The second-order valence-electron chi connectivity index (χ2n) is 9.26. The van der Waals surface area contributed by atoms with Gasteiger partial charge in [-0.15, -0.1) is 0 Å². The fourth-order valence-electron chi connectivity index (χ4n) is 3.44. The van der Waals surface area contributed by atoms with E-state index in [0.29, 0.717) is 11.6 Å². The standard InChI is InChI=1S/C23H25F4N3O3/c1-12-8-17-20(29-19(12)28-18(31)10-22(3,4)5)33-13(2)21(32)30(17)11-14-6-7-15(16(24)9-14)23(25,26)27/h6-9,13H,10-11H2,1-5H3,(H,28,29,31)/t13-/m0/s1. The first kappa shape index (κ1) is 24.5. The molecule has 2 amide bonds. The van der Waals surface area contributed by atoms with Gasteiger partial charge in [-0.25, -0.2) is 4.39 Å². The number of benzene rings is 1. The van der Waals surface area contributed by atoms with Crippen molar-refractivity contribution >= 4 is 23.3 Å². The number of aromatic nitrogens is 1. The molecule has 0 saturated heterocycles. The number of anilines is 2. The van der Waals surface area contributed by atoms with E-state index in [-0.39, 0.29) is 47.2 Å². The molecule has 33 heavy (non-hydrogen) atoms. The third kappa shape index (κ3) is 5.61. The third-order valence-corrected chi connectivity index (χ3v) is 4.98. The molecule has 10 heteroatoms. The van der Waals surface area contributed by atoms with Crippen LogP contribution in [-0.4, -0.2) is 22.9 Å². The zero-order valence-electron chi connectivity index (χ0n) is 18.9. The Kier molecular flexibility index (Phi) is 6.41. The van der Waals surface area contributed by atoms with Gasteiger partial charge in [0.15, 0.2) is 6.10 Å². The zero-order valence-corrected chi connectivity index (χ0v) is 18.9. The van der Waals surface area contributed by atoms with E-state index < -0.39 is 29.6 Å². The van der Waals surface area contributed by atoms with Gasteiger partial charge in [-0.2, -0.15) is 18.2 Å². The fraction of sp³-hybridized carbons (Fsp3) is 0.435. The number of hydrogen-bond donors (Lipinski definition) is 1. The normalized spacial score (nSPS) is 16.3. The van der Waals surface area contributed by atoms with Crippen LogP contribution < -0.4 is 15.0 Å². The highest BCUT2D eigenvalue weighted by atomic mass is 19.4. The Morgan fingerprint density at radius 2 is 1.88 bits per heavy atom. The van der Waals surface area contributed by atoms with E-state index in [1.54, 1.807) is 13.0 Å². The average Bonchev–Trinajstić information content (AvgIpc) is 2.64. The quantitative estimate of drug-likeness (QED) is 0.625. The van der Waals surface area contributed by atoms with Crippen LogP contribution in [0.4, 0.5) is 29.1 Å². The van der Waals surface area contributed by atoms with E-state index in [2.05, 4.69) is 10.3 Å². The number of halogens is 4. The Hall–Kier alpha value is -3.17. The summed E-state index contributed by atoms with van der Waals surface area (Å²) in [6.45, 7) is 8.81. The van der Waals surface area contributed by atoms with Gasteiger partial charge >= 0.3 is 6.18 Å². The van der Waals surface area contributed by atoms with E-state index in [1.807, 2.05) is 20.8 Å². The summed E-state index contributed by atoms with van der Waals surface area (Å²) in [7, 11) is 0. The Balaban J connectivity index is 1.91. The largest absolute Gasteiger partial charge is 0.463 e. The highest BCUT2D eigenvalue weighted by Crippen LogP contribution is 2.37. The van der Waals surface area contributed by atoms with Crippen molar-refractivity contribution in [2.24, 2.45) is 5.41 Å². The lowest BCUT2D eigenvalue weighted by atomic mass is 9.92. The second-order valence-corrected chi connectivity index (χ2v) is 9.26. The SMILES string of the molecule is Cc1cc2c(nc1NC(=O)CC(C)(C)C)O[C@@H](C)C(=O)N2Cc1ccc(C(F)(F)F)c(F)c1. The van der Waals surface area contributed by atoms with Gasteiger partial charge in [0.05, 0.1) is 12.1 Å². The molecular formula is C23H25F4N3O3. The predicted octanol–water partition coefficient (Wildman–Crippen LogP) is 5.24. The van der Waals surface area contributed by atoms with Crippen molar-refractivity contribution in [3.63, 3.8) is 0 Å². The highest BCUT2D eigenvalue weighted by molar-refractivity contribution is 6.00. The lowest BCUT2D eigenvalue weighted by Crippen LogP contribution is -2.44. The topological polar surface area (TPSA) is 71.5 Å². The number of fused-ring (bicyclic) bond motifs is 1. The highest BCUT2D eigenvalue weighted by Gasteiger charge is 2.36. The fourth-order valence-corrected chi connectivity index (χ4v) is 3.44. The van der Waals surface area contributed by atoms with Gasteiger partial charge in [-0.3, -0.25) is 14.5 Å². The number of ether oxygens (including phenoxy) is 1. The molecule has 0 bridgehead atoms. The minimum atomic E-state index is -4.81. The van der Waals surface area contributed by atoms with Crippen molar-refractivity contribution in [3.8, 4) is 5.88 Å². The van der Waals surface area contributed by atoms with Gasteiger partial charge < -0.3 is 10.1 Å². The van der Waals surface area contributed by atoms with E-state index in [1.165, 1.54) is 11.8 Å². The monoisotopic (exact) mass is 467 g/mol. The summed E-state index contributed by atoms with van der Waals surface area (Å²) in [6.07, 6.45) is -5.47. The summed E-state index contributed by atoms with van der Waals surface area (Å²) in [5, 5.41) is 2.75. The molecule has 1 aromatic carbocycles. The van der Waals surface area contributed by atoms with Crippen LogP contribution in [0.5, 0.6) is 5.88 Å². The maximum absolute atomic E-state index is 14.0. The minimum absolute atomic E-state index is 0.0890. The summed E-state index contributed by atoms with van der Waals surface area (Å²) >= 11 is 0. The molecule has 0 spiro atoms. The Bertz CT molecular complexity index is 1090. The predicted molar refractivity (Wildman–Crippen MR) is 114 cm³/mol. The van der Waals surface area contributed by atoms with Gasteiger partial charge in [-0.05, 0) is 48.6 Å². The molecule has 1 atom stereocenters. The first-order valence-electron chi connectivity index (χ1n) is 10.3. The molecule has 1 aliphatic rings. The smallest absolute Gasteiger partial charge is 0.419 e. The van der Waals surface area contributed by atoms with Gasteiger partial charge in [0.25, 0.3) is 5.91 Å². The molecule has 1 aromatic heterocycles. The third-order valence-electron chi connectivity index (χ3n) is 4.98. The van der Waals surface area contributed by atoms with Crippen LogP contribution in [0.1, 0.15) is 50.8 Å². The molecule has 6 nitrogen and oxygen atoms in total. The number of nitrogens with zero attached hydrogens (tertiary/aromatic N) is 2. The van der Waals surface area contributed by atoms with Crippen molar-refractivity contribution in [3.05, 3.63) is 46.8 Å². The molecule has 1 aliphatic heterocycles. The molecular weight excluding hydrogens is 442 g/mol. The molecule has 0 saturated carbocycles. The van der Waals surface area contributed by atoms with Gasteiger partial charge in [0, 0.05) is 6.42 Å². The van der Waals surface area contributed by atoms with Crippen molar-refractivity contribution in [2.75, 3.05) is 10.2 Å². The molecule has 1 N–H and O–H groups in total. The Morgan fingerprint density at radius 3 is 2.45 bits per heavy atom. The minimum Gasteiger partial charge on any atom is -0.463 e. The van der Waals surface area contributed by atoms with Crippen LogP contribution >= 0.6 is 0 Å². The maximum atomic E-state index is 14.0. The lowest BCUT2D eigenvalue weighted by molar-refractivity contribution is -0.140. The molecule has 3 rings (SSSR count). The number of aryl methyl sites for hydroxylation is 1. The van der Waals surface area contributed by atoms with E-state index >= 15 is 0 Å². The van der Waals surface area contributed by atoms with Crippen LogP contribution in [0.3, 0.4) is 0 Å². The van der Waals surface area contributed by atoms with Gasteiger partial charge in [0.1, 0.15) is 17.3 Å². The van der Waals surface area contributed by atoms with E-state index in [4.69, 9.17) is 4.74 Å². The van der Waals surface area contributed by atoms with Crippen LogP contribution in [0, 0.1) is 18.2 Å². The molecule has 2 heterocycles. The first-order valence-corrected chi connectivity index (χ1v) is 10.3. The Labute approximate surface area is 188 Å². The number of carbonyl (C=O) groups excluding carboxylic acids is 2. The molecule has 2 aromatic rings. The zero-order chi connectivity index (χ0) is 24.7. The summed E-state index contributed by atoms with van der Waals surface area (Å²) in [5.41, 5.74) is -0.581. The van der Waals surface area contributed by atoms with Crippen LogP contribution in [0.25, 0.3) is 0 Å². The van der Waals surface area contributed by atoms with Gasteiger partial charge in [0.2, 0.25) is 11.8 Å². The Morgan fingerprint density at radius 1 is 1.21 bits per heavy atom. The molecule has 0 aliphatic carbocycles. The van der Waals surface area contributed by atoms with Crippen molar-refractivity contribution in [1.29, 1.82) is 0 Å². The number of rotatable bonds is 4. The number of hydrogen-bond acceptors (Lipinski definition) is 4. The van der Waals surface area contributed by atoms with Crippen molar-refractivity contribution in [1.82, 2.24) is 4.98 Å². The molecule has 178 valence electrons. The van der Waals surface area contributed by atoms with E-state index in [9.17, 15) is 27.2 Å². The summed E-state index contributed by atoms with van der Waals surface area (Å²) in [5.74, 6) is -1.72. The van der Waals surface area contributed by atoms with Crippen molar-refractivity contribution < 1.29 is 31.9 Å². The molecule has 0 radical (unpaired) electrons. The molecule has 0 fully saturated rings. The number of amides is 2. The van der Waals surface area contributed by atoms with Crippen molar-refractivity contribution in [2.45, 2.75) is 59.9 Å². The summed E-state index contributed by atoms with van der Waals surface area (Å²) in [4.78, 5) is 30.7. The summed E-state index contributed by atoms with van der Waals surface area (Å²) < 4.78 is 58.2. The van der Waals surface area contributed by atoms with Gasteiger partial charge in [-0.1, -0.05) is 26.8 Å². The maximum Gasteiger partial charge on any atom is 0.419 e. The van der Waals surface area contributed by atoms with Crippen LogP contribution in [-0.2, 0) is 22.3 Å². The second kappa shape index (κ2) is 8.64. The van der Waals surface area contributed by atoms with Crippen LogP contribution in [0.15, 0.2) is 24.3 Å². The number of nitrogens with one attached hydrogen (secondary N) is 1. The number of alkyl halides is 3.